The lowest BCUT2D eigenvalue weighted by atomic mass is 10.1. The molecule has 1 aromatic heterocycles. The Morgan fingerprint density at radius 1 is 1.35 bits per heavy atom. The molecule has 2 aromatic rings. The van der Waals surface area contributed by atoms with Crippen LogP contribution in [0.4, 0.5) is 5.95 Å². The zero-order chi connectivity index (χ0) is 11.7. The van der Waals surface area contributed by atoms with E-state index >= 15 is 0 Å². The molecule has 0 radical (unpaired) electrons. The van der Waals surface area contributed by atoms with Gasteiger partial charge in [-0.05, 0) is 12.5 Å². The third-order valence-electron chi connectivity index (χ3n) is 3.30. The lowest BCUT2D eigenvalue weighted by Crippen LogP contribution is -2.22. The Bertz CT molecular complexity index is 529. The van der Waals surface area contributed by atoms with Crippen molar-refractivity contribution in [3.05, 3.63) is 30.5 Å². The molecule has 0 saturated carbocycles. The van der Waals surface area contributed by atoms with Gasteiger partial charge in [-0.3, -0.25) is 0 Å². The average molecular weight is 229 g/mol. The van der Waals surface area contributed by atoms with Crippen molar-refractivity contribution in [3.63, 3.8) is 0 Å². The van der Waals surface area contributed by atoms with Crippen LogP contribution in [0, 0.1) is 5.92 Å². The number of aromatic nitrogens is 2. The van der Waals surface area contributed by atoms with Gasteiger partial charge in [0.25, 0.3) is 0 Å². The number of aliphatic hydroxyl groups excluding tert-OH is 1. The van der Waals surface area contributed by atoms with Crippen LogP contribution >= 0.6 is 0 Å². The molecular weight excluding hydrogens is 214 g/mol. The first-order valence-corrected chi connectivity index (χ1v) is 5.94. The second-order valence-corrected chi connectivity index (χ2v) is 4.51. The Balaban J connectivity index is 1.91. The van der Waals surface area contributed by atoms with Gasteiger partial charge in [-0.2, -0.15) is 0 Å². The van der Waals surface area contributed by atoms with Crippen LogP contribution in [0.1, 0.15) is 6.42 Å². The number of benzene rings is 1. The number of hydrogen-bond acceptors (Lipinski definition) is 4. The molecule has 1 aliphatic rings. The SMILES string of the molecule is OCC1CCN(c2ncc3ccccc3n2)C1. The Hall–Kier alpha value is -1.68. The van der Waals surface area contributed by atoms with E-state index in [2.05, 4.69) is 14.9 Å². The summed E-state index contributed by atoms with van der Waals surface area (Å²) in [6.07, 6.45) is 2.89. The van der Waals surface area contributed by atoms with E-state index in [1.165, 1.54) is 0 Å². The van der Waals surface area contributed by atoms with Gasteiger partial charge in [0.1, 0.15) is 0 Å². The third-order valence-corrected chi connectivity index (χ3v) is 3.30. The van der Waals surface area contributed by atoms with E-state index in [1.54, 1.807) is 0 Å². The molecule has 0 bridgehead atoms. The highest BCUT2D eigenvalue weighted by molar-refractivity contribution is 5.78. The summed E-state index contributed by atoms with van der Waals surface area (Å²) in [5.41, 5.74) is 0.977. The molecule has 3 rings (SSSR count). The third kappa shape index (κ3) is 1.96. The van der Waals surface area contributed by atoms with Crippen molar-refractivity contribution in [3.8, 4) is 0 Å². The highest BCUT2D eigenvalue weighted by Gasteiger charge is 2.23. The van der Waals surface area contributed by atoms with Gasteiger partial charge in [0.15, 0.2) is 0 Å². The van der Waals surface area contributed by atoms with Crippen molar-refractivity contribution in [1.29, 1.82) is 0 Å². The number of fused-ring (bicyclic) bond motifs is 1. The maximum atomic E-state index is 9.13. The summed E-state index contributed by atoms with van der Waals surface area (Å²) >= 11 is 0. The van der Waals surface area contributed by atoms with Crippen LogP contribution in [-0.4, -0.2) is 34.8 Å². The molecule has 1 aliphatic heterocycles. The highest BCUT2D eigenvalue weighted by Crippen LogP contribution is 2.21. The van der Waals surface area contributed by atoms with E-state index in [1.807, 2.05) is 30.5 Å². The number of nitrogens with zero attached hydrogens (tertiary/aromatic N) is 3. The van der Waals surface area contributed by atoms with Crippen LogP contribution in [0.2, 0.25) is 0 Å². The molecule has 4 nitrogen and oxygen atoms in total. The molecule has 0 spiro atoms. The average Bonchev–Trinajstić information content (AvgIpc) is 2.87. The van der Waals surface area contributed by atoms with Gasteiger partial charge in [0, 0.05) is 37.2 Å². The maximum absolute atomic E-state index is 9.13. The first-order valence-electron chi connectivity index (χ1n) is 5.94. The highest BCUT2D eigenvalue weighted by atomic mass is 16.3. The minimum atomic E-state index is 0.254. The second kappa shape index (κ2) is 4.30. The molecule has 17 heavy (non-hydrogen) atoms. The second-order valence-electron chi connectivity index (χ2n) is 4.51. The number of anilines is 1. The Labute approximate surface area is 99.9 Å². The summed E-state index contributed by atoms with van der Waals surface area (Å²) in [6.45, 7) is 2.04. The summed E-state index contributed by atoms with van der Waals surface area (Å²) in [7, 11) is 0. The smallest absolute Gasteiger partial charge is 0.225 e. The van der Waals surface area contributed by atoms with Crippen LogP contribution in [0.3, 0.4) is 0 Å². The van der Waals surface area contributed by atoms with Gasteiger partial charge in [-0.25, -0.2) is 9.97 Å². The molecule has 1 fully saturated rings. The van der Waals surface area contributed by atoms with Crippen LogP contribution in [0.25, 0.3) is 10.9 Å². The molecule has 1 aromatic carbocycles. The molecule has 1 unspecified atom stereocenters. The van der Waals surface area contributed by atoms with Crippen LogP contribution in [0.5, 0.6) is 0 Å². The molecule has 0 amide bonds. The summed E-state index contributed by atoms with van der Waals surface area (Å²) in [4.78, 5) is 11.1. The number of para-hydroxylation sites is 1. The van der Waals surface area contributed by atoms with Crippen molar-refractivity contribution in [2.45, 2.75) is 6.42 Å². The van der Waals surface area contributed by atoms with E-state index in [0.717, 1.165) is 36.4 Å². The van der Waals surface area contributed by atoms with Crippen LogP contribution in [-0.2, 0) is 0 Å². The van der Waals surface area contributed by atoms with E-state index in [-0.39, 0.29) is 6.61 Å². The Kier molecular flexibility index (Phi) is 2.65. The zero-order valence-corrected chi connectivity index (χ0v) is 9.58. The molecule has 1 atom stereocenters. The lowest BCUT2D eigenvalue weighted by Gasteiger charge is -2.15. The number of rotatable bonds is 2. The van der Waals surface area contributed by atoms with Gasteiger partial charge in [-0.1, -0.05) is 18.2 Å². The predicted octanol–water partition coefficient (Wildman–Crippen LogP) is 1.45. The summed E-state index contributed by atoms with van der Waals surface area (Å²) in [5.74, 6) is 1.14. The van der Waals surface area contributed by atoms with Gasteiger partial charge >= 0.3 is 0 Å². The van der Waals surface area contributed by atoms with Crippen molar-refractivity contribution < 1.29 is 5.11 Å². The normalized spacial score (nSPS) is 20.1. The Morgan fingerprint density at radius 2 is 2.24 bits per heavy atom. The molecule has 2 heterocycles. The fourth-order valence-corrected chi connectivity index (χ4v) is 2.28. The standard InChI is InChI=1S/C13H15N3O/c17-9-10-5-6-16(8-10)13-14-7-11-3-1-2-4-12(11)15-13/h1-4,7,10,17H,5-6,8-9H2. The molecule has 88 valence electrons. The van der Waals surface area contributed by atoms with Gasteiger partial charge in [0.2, 0.25) is 5.95 Å². The molecule has 1 N–H and O–H groups in total. The van der Waals surface area contributed by atoms with Crippen LogP contribution in [0.15, 0.2) is 30.5 Å². The monoisotopic (exact) mass is 229 g/mol. The summed E-state index contributed by atoms with van der Waals surface area (Å²) < 4.78 is 0. The predicted molar refractivity (Wildman–Crippen MR) is 66.9 cm³/mol. The first kappa shape index (κ1) is 10.5. The van der Waals surface area contributed by atoms with Gasteiger partial charge in [0.05, 0.1) is 5.52 Å². The minimum absolute atomic E-state index is 0.254. The topological polar surface area (TPSA) is 49.2 Å². The molecular formula is C13H15N3O. The fourth-order valence-electron chi connectivity index (χ4n) is 2.28. The number of hydrogen-bond donors (Lipinski definition) is 1. The van der Waals surface area contributed by atoms with Crippen molar-refractivity contribution in [2.24, 2.45) is 5.92 Å². The maximum Gasteiger partial charge on any atom is 0.225 e. The molecule has 1 saturated heterocycles. The summed E-state index contributed by atoms with van der Waals surface area (Å²) in [6, 6.07) is 7.99. The van der Waals surface area contributed by atoms with E-state index in [9.17, 15) is 0 Å². The van der Waals surface area contributed by atoms with Crippen LogP contribution < -0.4 is 4.90 Å². The fraction of sp³-hybridized carbons (Fsp3) is 0.385. The lowest BCUT2D eigenvalue weighted by molar-refractivity contribution is 0.238. The molecule has 4 heteroatoms. The van der Waals surface area contributed by atoms with Crippen molar-refractivity contribution in [2.75, 3.05) is 24.6 Å². The Morgan fingerprint density at radius 3 is 3.06 bits per heavy atom. The minimum Gasteiger partial charge on any atom is -0.396 e. The van der Waals surface area contributed by atoms with E-state index < -0.39 is 0 Å². The van der Waals surface area contributed by atoms with Crippen molar-refractivity contribution in [1.82, 2.24) is 9.97 Å². The van der Waals surface area contributed by atoms with Gasteiger partial charge in [-0.15, -0.1) is 0 Å². The first-order chi connectivity index (χ1) is 8.36. The largest absolute Gasteiger partial charge is 0.396 e. The van der Waals surface area contributed by atoms with E-state index in [4.69, 9.17) is 5.11 Å². The number of aliphatic hydroxyl groups is 1. The zero-order valence-electron chi connectivity index (χ0n) is 9.58. The summed E-state index contributed by atoms with van der Waals surface area (Å²) in [5, 5.41) is 10.2. The van der Waals surface area contributed by atoms with E-state index in [0.29, 0.717) is 5.92 Å². The van der Waals surface area contributed by atoms with Crippen molar-refractivity contribution >= 4 is 16.9 Å². The molecule has 0 aliphatic carbocycles. The van der Waals surface area contributed by atoms with Gasteiger partial charge < -0.3 is 10.0 Å². The quantitative estimate of drug-likeness (QED) is 0.846.